The Morgan fingerprint density at radius 2 is 2.05 bits per heavy atom. The zero-order chi connectivity index (χ0) is 15.6. The van der Waals surface area contributed by atoms with Gasteiger partial charge in [0.1, 0.15) is 0 Å². The Hall–Kier alpha value is -2.52. The van der Waals surface area contributed by atoms with Gasteiger partial charge in [-0.25, -0.2) is 14.6 Å². The number of nitrogens with one attached hydrogen (secondary N) is 1. The number of hydrazine groups is 1. The first kappa shape index (κ1) is 14.9. The number of hydrogen-bond acceptors (Lipinski definition) is 6. The summed E-state index contributed by atoms with van der Waals surface area (Å²) in [4.78, 5) is 13.5. The van der Waals surface area contributed by atoms with Gasteiger partial charge in [0.25, 0.3) is 11.6 Å². The van der Waals surface area contributed by atoms with E-state index in [0.29, 0.717) is 6.07 Å². The first-order valence-electron chi connectivity index (χ1n) is 5.37. The van der Waals surface area contributed by atoms with Gasteiger partial charge in [-0.05, 0) is 6.07 Å². The second kappa shape index (κ2) is 5.85. The fraction of sp³-hybridized carbons (Fsp3) is 0. The molecule has 10 heteroatoms. The van der Waals surface area contributed by atoms with Crippen LogP contribution < -0.4 is 16.0 Å². The molecule has 0 radical (unpaired) electrons. The van der Waals surface area contributed by atoms with Crippen LogP contribution in [0.3, 0.4) is 0 Å². The lowest BCUT2D eigenvalue weighted by Gasteiger charge is -2.09. The normalized spacial score (nSPS) is 10.3. The van der Waals surface area contributed by atoms with Gasteiger partial charge < -0.3 is 10.2 Å². The Morgan fingerprint density at radius 1 is 1.33 bits per heavy atom. The molecular weight excluding hydrogens is 310 g/mol. The summed E-state index contributed by atoms with van der Waals surface area (Å²) in [5.74, 6) is 1.59. The predicted octanol–water partition coefficient (Wildman–Crippen LogP) is 3.00. The van der Waals surface area contributed by atoms with Crippen LogP contribution in [0.2, 0.25) is 5.02 Å². The van der Waals surface area contributed by atoms with Crippen LogP contribution in [0.15, 0.2) is 24.3 Å². The van der Waals surface area contributed by atoms with Crippen molar-refractivity contribution in [2.45, 2.75) is 0 Å². The number of aromatic nitrogens is 1. The van der Waals surface area contributed by atoms with Crippen molar-refractivity contribution in [1.82, 2.24) is 4.98 Å². The third-order valence-electron chi connectivity index (χ3n) is 2.37. The number of nitro benzene ring substituents is 1. The molecule has 1 heterocycles. The minimum Gasteiger partial charge on any atom is -0.435 e. The lowest BCUT2D eigenvalue weighted by molar-refractivity contribution is -0.384. The van der Waals surface area contributed by atoms with E-state index in [1.807, 2.05) is 5.43 Å². The highest BCUT2D eigenvalue weighted by molar-refractivity contribution is 6.32. The molecule has 0 unspecified atom stereocenters. The molecule has 0 fully saturated rings. The van der Waals surface area contributed by atoms with Crippen LogP contribution in [0.4, 0.5) is 20.3 Å². The average Bonchev–Trinajstić information content (AvgIpc) is 2.43. The number of anilines is 1. The number of hydrogen-bond donors (Lipinski definition) is 2. The summed E-state index contributed by atoms with van der Waals surface area (Å²) >= 11 is 5.80. The third kappa shape index (κ3) is 3.15. The lowest BCUT2D eigenvalue weighted by atomic mass is 10.3. The monoisotopic (exact) mass is 316 g/mol. The average molecular weight is 317 g/mol. The standard InChI is InChI=1S/C11H7ClF2N4O3/c12-6-2-1-5(18(19)20)3-9(6)21-11-8(14)4-7(13)10(16-11)17-15/h1-4H,15H2,(H,16,17). The SMILES string of the molecule is NNc1nc(Oc2cc([N+](=O)[O-])ccc2Cl)c(F)cc1F. The molecule has 1 aromatic heterocycles. The van der Waals surface area contributed by atoms with Crippen molar-refractivity contribution in [2.24, 2.45) is 5.84 Å². The Bertz CT molecular complexity index is 714. The minimum atomic E-state index is -1.12. The van der Waals surface area contributed by atoms with Gasteiger partial charge in [0, 0.05) is 12.1 Å². The molecule has 0 aliphatic heterocycles. The van der Waals surface area contributed by atoms with Gasteiger partial charge in [-0.2, -0.15) is 4.98 Å². The van der Waals surface area contributed by atoms with Gasteiger partial charge in [-0.15, -0.1) is 0 Å². The molecule has 0 bridgehead atoms. The number of nitrogen functional groups attached to an aromatic ring is 1. The first-order chi connectivity index (χ1) is 9.92. The number of nitrogens with zero attached hydrogens (tertiary/aromatic N) is 2. The Kier molecular flexibility index (Phi) is 4.15. The summed E-state index contributed by atoms with van der Waals surface area (Å²) in [6.45, 7) is 0. The van der Waals surface area contributed by atoms with Crippen LogP contribution in [-0.2, 0) is 0 Å². The summed E-state index contributed by atoms with van der Waals surface area (Å²) in [7, 11) is 0. The number of ether oxygens (including phenoxy) is 1. The number of halogens is 3. The van der Waals surface area contributed by atoms with E-state index in [4.69, 9.17) is 22.2 Å². The van der Waals surface area contributed by atoms with Crippen molar-refractivity contribution in [3.05, 3.63) is 51.0 Å². The van der Waals surface area contributed by atoms with E-state index in [1.54, 1.807) is 0 Å². The summed E-state index contributed by atoms with van der Waals surface area (Å²) in [5, 5.41) is 10.7. The molecule has 2 rings (SSSR count). The maximum Gasteiger partial charge on any atom is 0.273 e. The highest BCUT2D eigenvalue weighted by Gasteiger charge is 2.17. The van der Waals surface area contributed by atoms with E-state index in [1.165, 1.54) is 6.07 Å². The minimum absolute atomic E-state index is 0.00613. The number of rotatable bonds is 4. The molecule has 0 aliphatic carbocycles. The topological polar surface area (TPSA) is 103 Å². The van der Waals surface area contributed by atoms with E-state index in [-0.39, 0.29) is 16.5 Å². The molecule has 1 aromatic carbocycles. The number of nitro groups is 1. The van der Waals surface area contributed by atoms with Gasteiger partial charge in [0.2, 0.25) is 0 Å². The molecule has 7 nitrogen and oxygen atoms in total. The van der Waals surface area contributed by atoms with E-state index < -0.39 is 28.3 Å². The van der Waals surface area contributed by atoms with Crippen molar-refractivity contribution < 1.29 is 18.4 Å². The first-order valence-corrected chi connectivity index (χ1v) is 5.74. The van der Waals surface area contributed by atoms with Crippen LogP contribution in [0, 0.1) is 21.7 Å². The van der Waals surface area contributed by atoms with E-state index >= 15 is 0 Å². The van der Waals surface area contributed by atoms with Gasteiger partial charge in [0.05, 0.1) is 16.0 Å². The Balaban J connectivity index is 2.42. The maximum atomic E-state index is 13.6. The van der Waals surface area contributed by atoms with E-state index in [0.717, 1.165) is 12.1 Å². The molecule has 2 aromatic rings. The molecule has 3 N–H and O–H groups in total. The fourth-order valence-electron chi connectivity index (χ4n) is 1.41. The number of benzene rings is 1. The molecule has 0 spiro atoms. The van der Waals surface area contributed by atoms with E-state index in [9.17, 15) is 18.9 Å². The second-order valence-corrected chi connectivity index (χ2v) is 4.13. The van der Waals surface area contributed by atoms with Crippen molar-refractivity contribution >= 4 is 23.1 Å². The van der Waals surface area contributed by atoms with Crippen molar-refractivity contribution in [2.75, 3.05) is 5.43 Å². The van der Waals surface area contributed by atoms with Crippen LogP contribution in [0.25, 0.3) is 0 Å². The highest BCUT2D eigenvalue weighted by Crippen LogP contribution is 2.33. The smallest absolute Gasteiger partial charge is 0.273 e. The number of nitrogens with two attached hydrogens (primary N) is 1. The molecule has 0 atom stereocenters. The summed E-state index contributed by atoms with van der Waals surface area (Å²) < 4.78 is 31.8. The molecule has 0 aliphatic rings. The summed E-state index contributed by atoms with van der Waals surface area (Å²) in [6.07, 6.45) is 0. The maximum absolute atomic E-state index is 13.6. The van der Waals surface area contributed by atoms with Crippen LogP contribution in [0.1, 0.15) is 0 Å². The zero-order valence-electron chi connectivity index (χ0n) is 10.1. The Labute approximate surface area is 121 Å². The summed E-state index contributed by atoms with van der Waals surface area (Å²) in [5.41, 5.74) is 1.61. The van der Waals surface area contributed by atoms with Crippen LogP contribution in [0.5, 0.6) is 11.6 Å². The van der Waals surface area contributed by atoms with Gasteiger partial charge in [-0.1, -0.05) is 11.6 Å². The Morgan fingerprint density at radius 3 is 2.67 bits per heavy atom. The summed E-state index contributed by atoms with van der Waals surface area (Å²) in [6, 6.07) is 3.85. The van der Waals surface area contributed by atoms with Crippen molar-refractivity contribution in [3.8, 4) is 11.6 Å². The van der Waals surface area contributed by atoms with Gasteiger partial charge >= 0.3 is 0 Å². The molecule has 0 saturated heterocycles. The molecule has 0 saturated carbocycles. The van der Waals surface area contributed by atoms with Crippen LogP contribution in [-0.4, -0.2) is 9.91 Å². The third-order valence-corrected chi connectivity index (χ3v) is 2.68. The quantitative estimate of drug-likeness (QED) is 0.510. The molecule has 21 heavy (non-hydrogen) atoms. The van der Waals surface area contributed by atoms with Crippen molar-refractivity contribution in [1.29, 1.82) is 0 Å². The van der Waals surface area contributed by atoms with E-state index in [2.05, 4.69) is 4.98 Å². The number of non-ortho nitro benzene ring substituents is 1. The van der Waals surface area contributed by atoms with Gasteiger partial charge in [0.15, 0.2) is 23.2 Å². The predicted molar refractivity (Wildman–Crippen MR) is 70.1 cm³/mol. The molecular formula is C11H7ClF2N4O3. The number of pyridine rings is 1. The highest BCUT2D eigenvalue weighted by atomic mass is 35.5. The van der Waals surface area contributed by atoms with Gasteiger partial charge in [-0.3, -0.25) is 10.1 Å². The molecule has 0 amide bonds. The zero-order valence-corrected chi connectivity index (χ0v) is 10.9. The molecule has 110 valence electrons. The van der Waals surface area contributed by atoms with Crippen molar-refractivity contribution in [3.63, 3.8) is 0 Å². The fourth-order valence-corrected chi connectivity index (χ4v) is 1.57. The van der Waals surface area contributed by atoms with Crippen LogP contribution >= 0.6 is 11.6 Å². The second-order valence-electron chi connectivity index (χ2n) is 3.72. The largest absolute Gasteiger partial charge is 0.435 e. The lowest BCUT2D eigenvalue weighted by Crippen LogP contribution is -2.11.